The maximum absolute atomic E-state index is 12.7. The Hall–Kier alpha value is -3.01. The number of carbonyl (C=O) groups is 1. The quantitative estimate of drug-likeness (QED) is 0.624. The van der Waals surface area contributed by atoms with E-state index < -0.39 is 11.7 Å². The van der Waals surface area contributed by atoms with Crippen molar-refractivity contribution >= 4 is 17.7 Å². The van der Waals surface area contributed by atoms with Gasteiger partial charge in [0, 0.05) is 4.90 Å². The zero-order valence-electron chi connectivity index (χ0n) is 14.2. The second kappa shape index (κ2) is 8.58. The van der Waals surface area contributed by atoms with E-state index in [1.165, 1.54) is 16.8 Å². The van der Waals surface area contributed by atoms with Crippen LogP contribution in [0.25, 0.3) is 5.69 Å². The number of amides is 1. The van der Waals surface area contributed by atoms with Gasteiger partial charge in [-0.15, -0.1) is 5.10 Å². The molecule has 3 rings (SSSR count). The zero-order chi connectivity index (χ0) is 19.2. The van der Waals surface area contributed by atoms with Crippen LogP contribution in [-0.2, 0) is 6.54 Å². The van der Waals surface area contributed by atoms with E-state index in [-0.39, 0.29) is 17.0 Å². The molecule has 0 saturated heterocycles. The Kier molecular flexibility index (Phi) is 5.97. The summed E-state index contributed by atoms with van der Waals surface area (Å²) in [6.07, 6.45) is 0. The second-order valence-electron chi connectivity index (χ2n) is 5.26. The minimum Gasteiger partial charge on any atom is -0.497 e. The van der Waals surface area contributed by atoms with Gasteiger partial charge in [0.2, 0.25) is 0 Å². The number of alkyl halides is 2. The molecule has 1 N–H and O–H groups in total. The summed E-state index contributed by atoms with van der Waals surface area (Å²) in [6, 6.07) is 13.3. The third-order valence-corrected chi connectivity index (χ3v) is 4.39. The Labute approximate surface area is 157 Å². The van der Waals surface area contributed by atoms with Crippen molar-refractivity contribution in [2.75, 3.05) is 7.11 Å². The summed E-state index contributed by atoms with van der Waals surface area (Å²) in [5.74, 6) is -2.01. The molecule has 0 aliphatic heterocycles. The van der Waals surface area contributed by atoms with Crippen LogP contribution in [0.15, 0.2) is 53.4 Å². The molecule has 0 unspecified atom stereocenters. The predicted octanol–water partition coefficient (Wildman–Crippen LogP) is 2.92. The summed E-state index contributed by atoms with van der Waals surface area (Å²) < 4.78 is 31.9. The molecule has 3 aromatic rings. The first-order valence-corrected chi connectivity index (χ1v) is 8.70. The lowest BCUT2D eigenvalue weighted by Gasteiger charge is -2.10. The largest absolute Gasteiger partial charge is 0.497 e. The van der Waals surface area contributed by atoms with E-state index in [9.17, 15) is 13.6 Å². The number of tetrazole rings is 1. The number of hydrogen-bond acceptors (Lipinski definition) is 6. The lowest BCUT2D eigenvalue weighted by molar-refractivity contribution is 0.0946. The standard InChI is InChI=1S/C17H15F2N5O2S/c1-26-12-8-6-11(7-9-12)24-15(21-22-23-24)10-20-16(25)13-4-2-3-5-14(13)27-17(18)19/h2-9,17H,10H2,1H3,(H,20,25). The second-order valence-corrected chi connectivity index (χ2v) is 6.29. The molecule has 0 aliphatic carbocycles. The van der Waals surface area contributed by atoms with E-state index in [1.807, 2.05) is 0 Å². The normalized spacial score (nSPS) is 10.8. The SMILES string of the molecule is COc1ccc(-n2nnnc2CNC(=O)c2ccccc2SC(F)F)cc1. The van der Waals surface area contributed by atoms with E-state index in [1.54, 1.807) is 43.5 Å². The summed E-state index contributed by atoms with van der Waals surface area (Å²) in [5, 5.41) is 14.1. The molecule has 2 aromatic carbocycles. The number of carbonyl (C=O) groups excluding carboxylic acids is 1. The third-order valence-electron chi connectivity index (χ3n) is 3.61. The van der Waals surface area contributed by atoms with Gasteiger partial charge in [0.05, 0.1) is 24.9 Å². The first-order valence-electron chi connectivity index (χ1n) is 7.82. The molecule has 1 aromatic heterocycles. The Balaban J connectivity index is 1.73. The number of halogens is 2. The van der Waals surface area contributed by atoms with Gasteiger partial charge in [0.1, 0.15) is 5.75 Å². The number of nitrogens with one attached hydrogen (secondary N) is 1. The van der Waals surface area contributed by atoms with Crippen LogP contribution >= 0.6 is 11.8 Å². The third kappa shape index (κ3) is 4.59. The van der Waals surface area contributed by atoms with Gasteiger partial charge in [0.15, 0.2) is 5.82 Å². The highest BCUT2D eigenvalue weighted by Crippen LogP contribution is 2.28. The molecule has 0 aliphatic rings. The minimum absolute atomic E-state index is 0.0333. The minimum atomic E-state index is -2.61. The van der Waals surface area contributed by atoms with Crippen LogP contribution in [0, 0.1) is 0 Å². The average molecular weight is 391 g/mol. The first-order chi connectivity index (χ1) is 13.1. The molecule has 1 amide bonds. The Morgan fingerprint density at radius 1 is 1.22 bits per heavy atom. The summed E-state index contributed by atoms with van der Waals surface area (Å²) in [5.41, 5.74) is 0.866. The molecule has 0 bridgehead atoms. The van der Waals surface area contributed by atoms with Crippen molar-refractivity contribution in [3.63, 3.8) is 0 Å². The number of hydrogen-bond donors (Lipinski definition) is 1. The van der Waals surface area contributed by atoms with Gasteiger partial charge in [0.25, 0.3) is 11.7 Å². The number of rotatable bonds is 7. The number of nitrogens with zero attached hydrogens (tertiary/aromatic N) is 4. The molecule has 27 heavy (non-hydrogen) atoms. The summed E-state index contributed by atoms with van der Waals surface area (Å²) in [4.78, 5) is 12.6. The number of aromatic nitrogens is 4. The van der Waals surface area contributed by atoms with Crippen LogP contribution in [-0.4, -0.2) is 39.0 Å². The summed E-state index contributed by atoms with van der Waals surface area (Å²) in [7, 11) is 1.57. The van der Waals surface area contributed by atoms with Gasteiger partial charge < -0.3 is 10.1 Å². The Morgan fingerprint density at radius 3 is 2.67 bits per heavy atom. The predicted molar refractivity (Wildman–Crippen MR) is 95.2 cm³/mol. The molecular weight excluding hydrogens is 376 g/mol. The molecule has 0 spiro atoms. The van der Waals surface area contributed by atoms with Gasteiger partial charge in [-0.05, 0) is 46.8 Å². The maximum Gasteiger partial charge on any atom is 0.288 e. The van der Waals surface area contributed by atoms with E-state index in [0.29, 0.717) is 29.0 Å². The van der Waals surface area contributed by atoms with Crippen LogP contribution in [0.5, 0.6) is 5.75 Å². The van der Waals surface area contributed by atoms with E-state index >= 15 is 0 Å². The van der Waals surface area contributed by atoms with Crippen molar-refractivity contribution in [2.24, 2.45) is 0 Å². The highest BCUT2D eigenvalue weighted by molar-refractivity contribution is 7.99. The smallest absolute Gasteiger partial charge is 0.288 e. The van der Waals surface area contributed by atoms with Crippen molar-refractivity contribution in [2.45, 2.75) is 17.2 Å². The number of methoxy groups -OCH3 is 1. The number of benzene rings is 2. The van der Waals surface area contributed by atoms with Crippen molar-refractivity contribution in [3.05, 3.63) is 59.9 Å². The molecule has 1 heterocycles. The molecule has 0 radical (unpaired) electrons. The molecule has 7 nitrogen and oxygen atoms in total. The average Bonchev–Trinajstić information content (AvgIpc) is 3.15. The summed E-state index contributed by atoms with van der Waals surface area (Å²) >= 11 is 0.329. The fourth-order valence-corrected chi connectivity index (χ4v) is 2.98. The van der Waals surface area contributed by atoms with Gasteiger partial charge in [-0.25, -0.2) is 0 Å². The van der Waals surface area contributed by atoms with Gasteiger partial charge in [-0.3, -0.25) is 4.79 Å². The monoisotopic (exact) mass is 391 g/mol. The fourth-order valence-electron chi connectivity index (χ4n) is 2.35. The van der Waals surface area contributed by atoms with E-state index in [4.69, 9.17) is 4.74 Å². The molecule has 0 saturated carbocycles. The van der Waals surface area contributed by atoms with Crippen molar-refractivity contribution < 1.29 is 18.3 Å². The highest BCUT2D eigenvalue weighted by atomic mass is 32.2. The highest BCUT2D eigenvalue weighted by Gasteiger charge is 2.16. The fraction of sp³-hybridized carbons (Fsp3) is 0.176. The van der Waals surface area contributed by atoms with Gasteiger partial charge in [-0.2, -0.15) is 13.5 Å². The topological polar surface area (TPSA) is 81.9 Å². The molecule has 0 atom stereocenters. The lowest BCUT2D eigenvalue weighted by Crippen LogP contribution is -2.25. The van der Waals surface area contributed by atoms with Crippen LogP contribution in [0.4, 0.5) is 8.78 Å². The zero-order valence-corrected chi connectivity index (χ0v) is 15.0. The molecular formula is C17H15F2N5O2S. The van der Waals surface area contributed by atoms with Crippen molar-refractivity contribution in [3.8, 4) is 11.4 Å². The molecule has 140 valence electrons. The summed E-state index contributed by atoms with van der Waals surface area (Å²) in [6.45, 7) is 0.0333. The Morgan fingerprint density at radius 2 is 1.96 bits per heavy atom. The van der Waals surface area contributed by atoms with Crippen molar-refractivity contribution in [1.29, 1.82) is 0 Å². The van der Waals surface area contributed by atoms with Crippen LogP contribution in [0.3, 0.4) is 0 Å². The first kappa shape index (κ1) is 18.8. The molecule has 10 heteroatoms. The molecule has 0 fully saturated rings. The van der Waals surface area contributed by atoms with Crippen molar-refractivity contribution in [1.82, 2.24) is 25.5 Å². The number of ether oxygens (including phenoxy) is 1. The van der Waals surface area contributed by atoms with Crippen LogP contribution in [0.1, 0.15) is 16.2 Å². The van der Waals surface area contributed by atoms with Gasteiger partial charge >= 0.3 is 0 Å². The van der Waals surface area contributed by atoms with Crippen LogP contribution < -0.4 is 10.1 Å². The van der Waals surface area contributed by atoms with Crippen LogP contribution in [0.2, 0.25) is 0 Å². The van der Waals surface area contributed by atoms with Gasteiger partial charge in [-0.1, -0.05) is 23.9 Å². The maximum atomic E-state index is 12.7. The Bertz CT molecular complexity index is 918. The van der Waals surface area contributed by atoms with E-state index in [0.717, 1.165) is 0 Å². The van der Waals surface area contributed by atoms with E-state index in [2.05, 4.69) is 20.8 Å². The lowest BCUT2D eigenvalue weighted by atomic mass is 10.2. The number of thioether (sulfide) groups is 1.